The van der Waals surface area contributed by atoms with E-state index in [2.05, 4.69) is 4.98 Å². The summed E-state index contributed by atoms with van der Waals surface area (Å²) in [6, 6.07) is 1.50. The zero-order valence-electron chi connectivity index (χ0n) is 13.7. The van der Waals surface area contributed by atoms with E-state index in [4.69, 9.17) is 9.47 Å². The van der Waals surface area contributed by atoms with Crippen LogP contribution in [-0.2, 0) is 11.3 Å². The normalized spacial score (nSPS) is 11.0. The predicted molar refractivity (Wildman–Crippen MR) is 82.9 cm³/mol. The number of aromatic nitrogens is 1. The first kappa shape index (κ1) is 18.3. The van der Waals surface area contributed by atoms with Crippen molar-refractivity contribution >= 4 is 18.7 Å². The fourth-order valence-electron chi connectivity index (χ4n) is 1.79. The summed E-state index contributed by atoms with van der Waals surface area (Å²) in [6.45, 7) is 7.86. The van der Waals surface area contributed by atoms with Crippen LogP contribution in [0.2, 0.25) is 0 Å². The van der Waals surface area contributed by atoms with Gasteiger partial charge in [0.1, 0.15) is 11.4 Å². The molecule has 0 aromatic carbocycles. The molecule has 1 aromatic heterocycles. The highest BCUT2D eigenvalue weighted by atomic mass is 16.6. The van der Waals surface area contributed by atoms with Crippen LogP contribution in [0.4, 0.5) is 4.79 Å². The maximum absolute atomic E-state index is 12.1. The molecule has 1 heterocycles. The fraction of sp³-hybridized carbons (Fsp3) is 0.571. The average molecular weight is 310 g/mol. The van der Waals surface area contributed by atoms with E-state index in [1.54, 1.807) is 20.8 Å². The number of amides is 1. The summed E-state index contributed by atoms with van der Waals surface area (Å²) < 4.78 is 10.3. The van der Waals surface area contributed by atoms with Crippen LogP contribution < -0.4 is 10.2 Å². The fourth-order valence-corrected chi connectivity index (χ4v) is 1.79. The molecule has 1 aromatic rings. The molecule has 0 unspecified atom stereocenters. The van der Waals surface area contributed by atoms with Crippen molar-refractivity contribution in [2.75, 3.05) is 13.7 Å². The van der Waals surface area contributed by atoms with Gasteiger partial charge in [0.2, 0.25) is 0 Å². The van der Waals surface area contributed by atoms with Crippen LogP contribution in [0, 0.1) is 0 Å². The average Bonchev–Trinajstić information content (AvgIpc) is 2.42. The van der Waals surface area contributed by atoms with Crippen molar-refractivity contribution in [2.24, 2.45) is 0 Å². The van der Waals surface area contributed by atoms with Gasteiger partial charge in [-0.15, -0.1) is 0 Å². The lowest BCUT2D eigenvalue weighted by Gasteiger charge is -2.26. The summed E-state index contributed by atoms with van der Waals surface area (Å²) in [4.78, 5) is 17.7. The Labute approximate surface area is 131 Å². The van der Waals surface area contributed by atoms with Gasteiger partial charge in [-0.05, 0) is 33.8 Å². The third-order valence-corrected chi connectivity index (χ3v) is 2.84. The highest BCUT2D eigenvalue weighted by molar-refractivity contribution is 6.59. The van der Waals surface area contributed by atoms with Crippen molar-refractivity contribution in [3.63, 3.8) is 0 Å². The first-order chi connectivity index (χ1) is 10.2. The molecular formula is C14H23BN2O5. The molecule has 1 amide bonds. The molecule has 0 fully saturated rings. The van der Waals surface area contributed by atoms with E-state index in [1.165, 1.54) is 24.3 Å². The van der Waals surface area contributed by atoms with Gasteiger partial charge in [0.15, 0.2) is 0 Å². The molecule has 0 atom stereocenters. The first-order valence-corrected chi connectivity index (χ1v) is 7.04. The van der Waals surface area contributed by atoms with E-state index in [9.17, 15) is 14.8 Å². The second-order valence-electron chi connectivity index (χ2n) is 5.79. The molecule has 0 aliphatic rings. The summed E-state index contributed by atoms with van der Waals surface area (Å²) in [7, 11) is -0.255. The van der Waals surface area contributed by atoms with Gasteiger partial charge in [-0.3, -0.25) is 4.98 Å². The molecule has 0 saturated heterocycles. The van der Waals surface area contributed by atoms with Crippen LogP contribution in [0.25, 0.3) is 0 Å². The number of ether oxygens (including phenoxy) is 2. The SMILES string of the molecule is CCN(Cc1cc(B(O)O)c(OC)cn1)C(=O)OC(C)(C)C. The summed E-state index contributed by atoms with van der Waals surface area (Å²) in [5.74, 6) is 0.277. The monoisotopic (exact) mass is 310 g/mol. The Bertz CT molecular complexity index is 516. The van der Waals surface area contributed by atoms with Gasteiger partial charge in [0.05, 0.1) is 25.5 Å². The van der Waals surface area contributed by atoms with Gasteiger partial charge in [0.25, 0.3) is 0 Å². The second kappa shape index (κ2) is 7.46. The number of hydrogen-bond donors (Lipinski definition) is 2. The Balaban J connectivity index is 2.92. The predicted octanol–water partition coefficient (Wildman–Crippen LogP) is 0.527. The van der Waals surface area contributed by atoms with Crippen LogP contribution in [0.15, 0.2) is 12.3 Å². The molecule has 0 aliphatic heterocycles. The Morgan fingerprint density at radius 1 is 1.41 bits per heavy atom. The number of methoxy groups -OCH3 is 1. The van der Waals surface area contributed by atoms with Gasteiger partial charge in [0, 0.05) is 12.0 Å². The van der Waals surface area contributed by atoms with Crippen molar-refractivity contribution in [3.05, 3.63) is 18.0 Å². The van der Waals surface area contributed by atoms with Gasteiger partial charge >= 0.3 is 13.2 Å². The summed E-state index contributed by atoms with van der Waals surface area (Å²) >= 11 is 0. The van der Waals surface area contributed by atoms with Crippen molar-refractivity contribution in [2.45, 2.75) is 39.8 Å². The van der Waals surface area contributed by atoms with Crippen molar-refractivity contribution in [1.29, 1.82) is 0 Å². The van der Waals surface area contributed by atoms with Crippen molar-refractivity contribution < 1.29 is 24.3 Å². The largest absolute Gasteiger partial charge is 0.496 e. The third kappa shape index (κ3) is 5.20. The summed E-state index contributed by atoms with van der Waals surface area (Å²) in [5, 5.41) is 18.7. The number of nitrogens with zero attached hydrogens (tertiary/aromatic N) is 2. The molecule has 22 heavy (non-hydrogen) atoms. The van der Waals surface area contributed by atoms with Crippen molar-refractivity contribution in [3.8, 4) is 5.75 Å². The number of carbonyl (C=O) groups excluding carboxylic acids is 1. The lowest BCUT2D eigenvalue weighted by Crippen LogP contribution is -2.37. The molecule has 0 bridgehead atoms. The molecule has 8 heteroatoms. The molecule has 0 radical (unpaired) electrons. The van der Waals surface area contributed by atoms with E-state index in [1.807, 2.05) is 6.92 Å². The van der Waals surface area contributed by atoms with E-state index in [0.717, 1.165) is 0 Å². The van der Waals surface area contributed by atoms with Crippen molar-refractivity contribution in [1.82, 2.24) is 9.88 Å². The molecule has 0 spiro atoms. The Morgan fingerprint density at radius 3 is 2.50 bits per heavy atom. The molecular weight excluding hydrogens is 287 g/mol. The zero-order valence-corrected chi connectivity index (χ0v) is 13.7. The number of hydrogen-bond acceptors (Lipinski definition) is 6. The van der Waals surface area contributed by atoms with Crippen LogP contribution in [0.1, 0.15) is 33.4 Å². The molecule has 1 rings (SSSR count). The molecule has 0 saturated carbocycles. The Morgan fingerprint density at radius 2 is 2.05 bits per heavy atom. The van der Waals surface area contributed by atoms with E-state index in [-0.39, 0.29) is 17.8 Å². The van der Waals surface area contributed by atoms with Gasteiger partial charge in [-0.25, -0.2) is 4.79 Å². The smallest absolute Gasteiger partial charge is 0.492 e. The molecule has 0 aliphatic carbocycles. The zero-order chi connectivity index (χ0) is 16.9. The molecule has 122 valence electrons. The lowest BCUT2D eigenvalue weighted by atomic mass is 9.80. The summed E-state index contributed by atoms with van der Waals surface area (Å²) in [6.07, 6.45) is 0.950. The Kier molecular flexibility index (Phi) is 6.19. The van der Waals surface area contributed by atoms with E-state index in [0.29, 0.717) is 12.2 Å². The van der Waals surface area contributed by atoms with E-state index >= 15 is 0 Å². The third-order valence-electron chi connectivity index (χ3n) is 2.84. The van der Waals surface area contributed by atoms with Gasteiger partial charge < -0.3 is 24.4 Å². The first-order valence-electron chi connectivity index (χ1n) is 7.04. The highest BCUT2D eigenvalue weighted by Gasteiger charge is 2.23. The lowest BCUT2D eigenvalue weighted by molar-refractivity contribution is 0.0242. The Hall–Kier alpha value is -1.80. The number of rotatable bonds is 5. The minimum absolute atomic E-state index is 0.202. The van der Waals surface area contributed by atoms with Gasteiger partial charge in [-0.1, -0.05) is 0 Å². The standard InChI is InChI=1S/C14H23BN2O5/c1-6-17(13(18)22-14(2,3)4)9-10-7-11(15(19)20)12(21-5)8-16-10/h7-8,19-20H,6,9H2,1-5H3. The quantitative estimate of drug-likeness (QED) is 0.771. The minimum atomic E-state index is -1.67. The van der Waals surface area contributed by atoms with Crippen LogP contribution in [-0.4, -0.2) is 52.4 Å². The maximum atomic E-state index is 12.1. The van der Waals surface area contributed by atoms with Crippen LogP contribution in [0.3, 0.4) is 0 Å². The molecule has 2 N–H and O–H groups in total. The van der Waals surface area contributed by atoms with Crippen LogP contribution >= 0.6 is 0 Å². The molecule has 7 nitrogen and oxygen atoms in total. The number of pyridine rings is 1. The maximum Gasteiger partial charge on any atom is 0.492 e. The van der Waals surface area contributed by atoms with E-state index < -0.39 is 18.8 Å². The second-order valence-corrected chi connectivity index (χ2v) is 5.79. The minimum Gasteiger partial charge on any atom is -0.496 e. The van der Waals surface area contributed by atoms with Gasteiger partial charge in [-0.2, -0.15) is 0 Å². The summed E-state index contributed by atoms with van der Waals surface area (Å²) in [5.41, 5.74) is 0.133. The van der Waals surface area contributed by atoms with Crippen LogP contribution in [0.5, 0.6) is 5.75 Å². The topological polar surface area (TPSA) is 92.1 Å². The number of carbonyl (C=O) groups is 1. The highest BCUT2D eigenvalue weighted by Crippen LogP contribution is 2.13.